The summed E-state index contributed by atoms with van der Waals surface area (Å²) in [5.74, 6) is 5.26. The number of hydrogen-bond donors (Lipinski definition) is 3. The number of nitrogen functional groups attached to an aromatic ring is 1. The number of sulfonamides is 1. The lowest BCUT2D eigenvalue weighted by Crippen LogP contribution is -2.46. The van der Waals surface area contributed by atoms with Gasteiger partial charge < -0.3 is 5.43 Å². The Morgan fingerprint density at radius 1 is 1.05 bits per heavy atom. The van der Waals surface area contributed by atoms with Crippen molar-refractivity contribution in [3.05, 3.63) is 24.3 Å². The van der Waals surface area contributed by atoms with Gasteiger partial charge in [-0.05, 0) is 43.5 Å². The fourth-order valence-electron chi connectivity index (χ4n) is 2.04. The van der Waals surface area contributed by atoms with E-state index in [-0.39, 0.29) is 10.4 Å². The summed E-state index contributed by atoms with van der Waals surface area (Å²) in [7, 11) is -3.50. The Labute approximate surface area is 115 Å². The van der Waals surface area contributed by atoms with Crippen LogP contribution in [0.2, 0.25) is 0 Å². The number of anilines is 1. The molecule has 1 aromatic carbocycles. The Balaban J connectivity index is 3.03. The molecule has 0 aliphatic rings. The minimum Gasteiger partial charge on any atom is -0.324 e. The van der Waals surface area contributed by atoms with Gasteiger partial charge in [-0.2, -0.15) is 0 Å². The highest BCUT2D eigenvalue weighted by molar-refractivity contribution is 7.89. The van der Waals surface area contributed by atoms with Gasteiger partial charge in [0, 0.05) is 11.2 Å². The van der Waals surface area contributed by atoms with Crippen molar-refractivity contribution in [3.63, 3.8) is 0 Å². The lowest BCUT2D eigenvalue weighted by Gasteiger charge is -2.31. The number of hydrogen-bond acceptors (Lipinski definition) is 4. The van der Waals surface area contributed by atoms with Gasteiger partial charge in [-0.3, -0.25) is 5.84 Å². The molecule has 0 spiro atoms. The van der Waals surface area contributed by atoms with Gasteiger partial charge in [0.05, 0.1) is 4.90 Å². The van der Waals surface area contributed by atoms with E-state index in [0.717, 1.165) is 19.3 Å². The van der Waals surface area contributed by atoms with Gasteiger partial charge in [0.15, 0.2) is 0 Å². The van der Waals surface area contributed by atoms with Crippen LogP contribution in [0.15, 0.2) is 29.2 Å². The molecule has 108 valence electrons. The van der Waals surface area contributed by atoms with Crippen LogP contribution in [0, 0.1) is 0 Å². The summed E-state index contributed by atoms with van der Waals surface area (Å²) in [5, 5.41) is 0. The average Bonchev–Trinajstić information content (AvgIpc) is 2.45. The third-order valence-corrected chi connectivity index (χ3v) is 5.31. The normalized spacial score (nSPS) is 12.4. The molecule has 0 fully saturated rings. The zero-order chi connectivity index (χ0) is 14.5. The number of hydrazine groups is 1. The molecule has 0 bridgehead atoms. The molecule has 5 nitrogen and oxygen atoms in total. The first-order valence-corrected chi connectivity index (χ1v) is 8.02. The fourth-order valence-corrected chi connectivity index (χ4v) is 3.66. The summed E-state index contributed by atoms with van der Waals surface area (Å²) in [6, 6.07) is 6.37. The van der Waals surface area contributed by atoms with Gasteiger partial charge >= 0.3 is 0 Å². The van der Waals surface area contributed by atoms with E-state index < -0.39 is 10.0 Å². The Morgan fingerprint density at radius 3 is 1.89 bits per heavy atom. The highest BCUT2D eigenvalue weighted by Crippen LogP contribution is 2.23. The largest absolute Gasteiger partial charge is 0.324 e. The summed E-state index contributed by atoms with van der Waals surface area (Å²) in [5.41, 5.74) is 2.77. The molecule has 4 N–H and O–H groups in total. The minimum atomic E-state index is -3.50. The van der Waals surface area contributed by atoms with Gasteiger partial charge in [0.25, 0.3) is 0 Å². The molecule has 6 heteroatoms. The maximum Gasteiger partial charge on any atom is 0.241 e. The van der Waals surface area contributed by atoms with Gasteiger partial charge in [-0.1, -0.05) is 20.8 Å². The Kier molecular flexibility index (Phi) is 5.34. The van der Waals surface area contributed by atoms with E-state index in [1.165, 1.54) is 0 Å². The second kappa shape index (κ2) is 6.36. The number of benzene rings is 1. The molecular formula is C13H23N3O2S. The molecule has 0 aliphatic heterocycles. The lowest BCUT2D eigenvalue weighted by molar-refractivity contribution is 0.341. The molecule has 1 rings (SSSR count). The number of nitrogens with one attached hydrogen (secondary N) is 2. The maximum absolute atomic E-state index is 12.4. The molecule has 0 saturated carbocycles. The second-order valence-corrected chi connectivity index (χ2v) is 6.30. The van der Waals surface area contributed by atoms with Crippen LogP contribution in [0.5, 0.6) is 0 Å². The Morgan fingerprint density at radius 2 is 1.53 bits per heavy atom. The molecule has 0 unspecified atom stereocenters. The third-order valence-electron chi connectivity index (χ3n) is 3.71. The van der Waals surface area contributed by atoms with Gasteiger partial charge in [0.2, 0.25) is 10.0 Å². The van der Waals surface area contributed by atoms with E-state index >= 15 is 0 Å². The predicted molar refractivity (Wildman–Crippen MR) is 78.2 cm³/mol. The van der Waals surface area contributed by atoms with Crippen molar-refractivity contribution in [2.45, 2.75) is 50.5 Å². The van der Waals surface area contributed by atoms with Crippen LogP contribution in [-0.2, 0) is 10.0 Å². The van der Waals surface area contributed by atoms with Crippen LogP contribution >= 0.6 is 0 Å². The second-order valence-electron chi connectivity index (χ2n) is 4.62. The van der Waals surface area contributed by atoms with Crippen LogP contribution in [0.1, 0.15) is 40.0 Å². The van der Waals surface area contributed by atoms with Crippen LogP contribution in [0.3, 0.4) is 0 Å². The topological polar surface area (TPSA) is 84.2 Å². The molecule has 0 heterocycles. The molecule has 0 amide bonds. The van der Waals surface area contributed by atoms with Gasteiger partial charge in [-0.25, -0.2) is 13.1 Å². The van der Waals surface area contributed by atoms with E-state index in [4.69, 9.17) is 5.84 Å². The molecule has 0 aromatic heterocycles. The molecule has 0 radical (unpaired) electrons. The van der Waals surface area contributed by atoms with E-state index in [1.54, 1.807) is 24.3 Å². The SMILES string of the molecule is CCC(CC)(CC)NS(=O)(=O)c1ccc(NN)cc1. The number of nitrogens with two attached hydrogens (primary N) is 1. The van der Waals surface area contributed by atoms with Crippen molar-refractivity contribution in [2.75, 3.05) is 5.43 Å². The first-order chi connectivity index (χ1) is 8.93. The highest BCUT2D eigenvalue weighted by atomic mass is 32.2. The predicted octanol–water partition coefficient (Wildman–Crippen LogP) is 2.22. The van der Waals surface area contributed by atoms with Crippen molar-refractivity contribution < 1.29 is 8.42 Å². The van der Waals surface area contributed by atoms with Crippen LogP contribution in [0.4, 0.5) is 5.69 Å². The maximum atomic E-state index is 12.4. The van der Waals surface area contributed by atoms with Crippen molar-refractivity contribution in [3.8, 4) is 0 Å². The van der Waals surface area contributed by atoms with E-state index in [0.29, 0.717) is 5.69 Å². The zero-order valence-corrected chi connectivity index (χ0v) is 12.5. The summed E-state index contributed by atoms with van der Waals surface area (Å²) in [6.45, 7) is 5.99. The molecule has 0 atom stereocenters. The van der Waals surface area contributed by atoms with E-state index in [2.05, 4.69) is 10.1 Å². The molecular weight excluding hydrogens is 262 g/mol. The molecule has 0 saturated heterocycles. The monoisotopic (exact) mass is 285 g/mol. The van der Waals surface area contributed by atoms with E-state index in [1.807, 2.05) is 20.8 Å². The van der Waals surface area contributed by atoms with Crippen molar-refractivity contribution in [2.24, 2.45) is 5.84 Å². The van der Waals surface area contributed by atoms with Crippen molar-refractivity contribution >= 4 is 15.7 Å². The Bertz CT molecular complexity index is 485. The van der Waals surface area contributed by atoms with Crippen LogP contribution in [0.25, 0.3) is 0 Å². The highest BCUT2D eigenvalue weighted by Gasteiger charge is 2.30. The minimum absolute atomic E-state index is 0.256. The van der Waals surface area contributed by atoms with Gasteiger partial charge in [-0.15, -0.1) is 0 Å². The fraction of sp³-hybridized carbons (Fsp3) is 0.538. The first kappa shape index (κ1) is 15.9. The molecule has 19 heavy (non-hydrogen) atoms. The summed E-state index contributed by atoms with van der Waals surface area (Å²) >= 11 is 0. The van der Waals surface area contributed by atoms with Crippen LogP contribution in [-0.4, -0.2) is 14.0 Å². The van der Waals surface area contributed by atoms with Crippen LogP contribution < -0.4 is 16.0 Å². The van der Waals surface area contributed by atoms with Crippen molar-refractivity contribution in [1.29, 1.82) is 0 Å². The standard InChI is InChI=1S/C13H23N3O2S/c1-4-13(5-2,6-3)16-19(17,18)12-9-7-11(15-14)8-10-12/h7-10,15-16H,4-6,14H2,1-3H3. The third kappa shape index (κ3) is 3.68. The number of rotatable bonds is 7. The quantitative estimate of drug-likeness (QED) is 0.530. The summed E-state index contributed by atoms with van der Waals surface area (Å²) < 4.78 is 27.6. The first-order valence-electron chi connectivity index (χ1n) is 6.53. The van der Waals surface area contributed by atoms with E-state index in [9.17, 15) is 8.42 Å². The smallest absolute Gasteiger partial charge is 0.241 e. The average molecular weight is 285 g/mol. The molecule has 0 aliphatic carbocycles. The summed E-state index contributed by atoms with van der Waals surface area (Å²) in [6.07, 6.45) is 2.30. The lowest BCUT2D eigenvalue weighted by atomic mass is 9.91. The zero-order valence-electron chi connectivity index (χ0n) is 11.7. The summed E-state index contributed by atoms with van der Waals surface area (Å²) in [4.78, 5) is 0.256. The Hall–Kier alpha value is -1.11. The van der Waals surface area contributed by atoms with Gasteiger partial charge in [0.1, 0.15) is 0 Å². The molecule has 1 aromatic rings. The van der Waals surface area contributed by atoms with Crippen molar-refractivity contribution in [1.82, 2.24) is 4.72 Å².